The minimum absolute atomic E-state index is 0.0378. The molecule has 0 aliphatic carbocycles. The Balaban J connectivity index is 3.31. The van der Waals surface area contributed by atoms with Crippen LogP contribution in [-0.4, -0.2) is 12.5 Å². The Bertz CT molecular complexity index is 127. The van der Waals surface area contributed by atoms with Gasteiger partial charge in [-0.3, -0.25) is 4.79 Å². The number of halogens is 1. The maximum absolute atomic E-state index is 10.2. The van der Waals surface area contributed by atoms with E-state index in [4.69, 9.17) is 11.6 Å². The predicted octanol–water partition coefficient (Wildman–Crippen LogP) is 1.27. The molecule has 2 nitrogen and oxygen atoms in total. The fourth-order valence-corrected chi connectivity index (χ4v) is 0.413. The fraction of sp³-hybridized carbons (Fsp3) is 0.500. The van der Waals surface area contributed by atoms with E-state index in [0.717, 1.165) is 0 Å². The van der Waals surface area contributed by atoms with Gasteiger partial charge in [-0.25, -0.2) is 0 Å². The van der Waals surface area contributed by atoms with Crippen LogP contribution >= 0.6 is 11.6 Å². The van der Waals surface area contributed by atoms with Gasteiger partial charge >= 0.3 is 0 Å². The second-order valence-corrected chi connectivity index (χ2v) is 2.32. The van der Waals surface area contributed by atoms with Crippen LogP contribution in [0.2, 0.25) is 0 Å². The zero-order valence-electron chi connectivity index (χ0n) is 5.57. The third-order valence-electron chi connectivity index (χ3n) is 0.734. The van der Waals surface area contributed by atoms with Crippen molar-refractivity contribution >= 4 is 17.5 Å². The van der Waals surface area contributed by atoms with Crippen molar-refractivity contribution in [2.75, 3.05) is 6.54 Å². The first-order valence-corrected chi connectivity index (χ1v) is 3.07. The lowest BCUT2D eigenvalue weighted by Crippen LogP contribution is -2.19. The van der Waals surface area contributed by atoms with Crippen molar-refractivity contribution in [2.24, 2.45) is 0 Å². The van der Waals surface area contributed by atoms with Gasteiger partial charge in [0.05, 0.1) is 0 Å². The molecule has 0 fully saturated rings. The van der Waals surface area contributed by atoms with Crippen molar-refractivity contribution in [3.8, 4) is 0 Å². The highest BCUT2D eigenvalue weighted by atomic mass is 35.5. The van der Waals surface area contributed by atoms with Gasteiger partial charge in [-0.15, -0.1) is 0 Å². The van der Waals surface area contributed by atoms with E-state index in [9.17, 15) is 4.79 Å². The number of allylic oxidation sites excluding steroid dienone is 1. The molecule has 0 bridgehead atoms. The highest BCUT2D eigenvalue weighted by Gasteiger charge is 1.84. The van der Waals surface area contributed by atoms with Crippen LogP contribution in [0.5, 0.6) is 0 Å². The average Bonchev–Trinajstić information content (AvgIpc) is 1.63. The number of nitrogens with one attached hydrogen (secondary N) is 1. The molecule has 0 aromatic rings. The maximum atomic E-state index is 10.2. The minimum atomic E-state index is -0.0378. The maximum Gasteiger partial charge on any atom is 0.217 e. The number of carbonyl (C=O) groups excluding carboxylic acids is 1. The van der Waals surface area contributed by atoms with E-state index in [1.54, 1.807) is 13.0 Å². The summed E-state index contributed by atoms with van der Waals surface area (Å²) in [4.78, 5) is 10.2. The van der Waals surface area contributed by atoms with Gasteiger partial charge in [-0.1, -0.05) is 17.7 Å². The summed E-state index contributed by atoms with van der Waals surface area (Å²) in [5.74, 6) is -0.0378. The summed E-state index contributed by atoms with van der Waals surface area (Å²) in [6, 6.07) is 0. The normalized spacial score (nSPS) is 11.2. The van der Waals surface area contributed by atoms with Crippen molar-refractivity contribution in [1.29, 1.82) is 0 Å². The third kappa shape index (κ3) is 7.50. The Morgan fingerprint density at radius 1 is 1.67 bits per heavy atom. The molecule has 0 saturated heterocycles. The molecule has 0 saturated carbocycles. The van der Waals surface area contributed by atoms with E-state index in [2.05, 4.69) is 5.32 Å². The Kier molecular flexibility index (Phi) is 4.14. The zero-order valence-corrected chi connectivity index (χ0v) is 6.33. The number of amides is 1. The topological polar surface area (TPSA) is 29.1 Å². The quantitative estimate of drug-likeness (QED) is 0.626. The highest BCUT2D eigenvalue weighted by molar-refractivity contribution is 6.29. The van der Waals surface area contributed by atoms with E-state index in [0.29, 0.717) is 11.6 Å². The predicted molar refractivity (Wildman–Crippen MR) is 38.3 cm³/mol. The molecule has 0 aromatic carbocycles. The first kappa shape index (κ1) is 8.50. The first-order chi connectivity index (χ1) is 4.13. The molecular weight excluding hydrogens is 138 g/mol. The van der Waals surface area contributed by atoms with Gasteiger partial charge in [0.2, 0.25) is 5.91 Å². The second-order valence-electron chi connectivity index (χ2n) is 1.73. The summed E-state index contributed by atoms with van der Waals surface area (Å²) in [5, 5.41) is 3.28. The van der Waals surface area contributed by atoms with Crippen molar-refractivity contribution < 1.29 is 4.79 Å². The number of carbonyl (C=O) groups is 1. The lowest BCUT2D eigenvalue weighted by Gasteiger charge is -1.93. The van der Waals surface area contributed by atoms with Crippen LogP contribution in [0.1, 0.15) is 13.8 Å². The fourth-order valence-electron chi connectivity index (χ4n) is 0.335. The molecule has 1 N–H and O–H groups in total. The van der Waals surface area contributed by atoms with Gasteiger partial charge < -0.3 is 5.32 Å². The van der Waals surface area contributed by atoms with Crippen LogP contribution in [0.15, 0.2) is 11.1 Å². The SMILES string of the molecule is CC(=O)NCC=C(C)Cl. The van der Waals surface area contributed by atoms with Crippen LogP contribution in [-0.2, 0) is 4.79 Å². The highest BCUT2D eigenvalue weighted by Crippen LogP contribution is 1.94. The van der Waals surface area contributed by atoms with E-state index in [1.165, 1.54) is 6.92 Å². The molecule has 0 unspecified atom stereocenters. The lowest BCUT2D eigenvalue weighted by atomic mass is 10.5. The summed E-state index contributed by atoms with van der Waals surface area (Å²) in [5.41, 5.74) is 0. The summed E-state index contributed by atoms with van der Waals surface area (Å²) in [7, 11) is 0. The van der Waals surface area contributed by atoms with E-state index in [1.807, 2.05) is 0 Å². The molecule has 0 rings (SSSR count). The Hall–Kier alpha value is -0.500. The second kappa shape index (κ2) is 4.39. The van der Waals surface area contributed by atoms with Gasteiger partial charge in [-0.05, 0) is 6.92 Å². The first-order valence-electron chi connectivity index (χ1n) is 2.69. The van der Waals surface area contributed by atoms with Crippen LogP contribution in [0.4, 0.5) is 0 Å². The summed E-state index contributed by atoms with van der Waals surface area (Å²) in [6.45, 7) is 3.76. The van der Waals surface area contributed by atoms with Crippen LogP contribution in [0.25, 0.3) is 0 Å². The van der Waals surface area contributed by atoms with Gasteiger partial charge in [-0.2, -0.15) is 0 Å². The van der Waals surface area contributed by atoms with Crippen LogP contribution in [0.3, 0.4) is 0 Å². The van der Waals surface area contributed by atoms with E-state index in [-0.39, 0.29) is 5.91 Å². The number of rotatable bonds is 2. The molecule has 0 aromatic heterocycles. The van der Waals surface area contributed by atoms with E-state index >= 15 is 0 Å². The van der Waals surface area contributed by atoms with Crippen LogP contribution in [0, 0.1) is 0 Å². The third-order valence-corrected chi connectivity index (χ3v) is 0.889. The average molecular weight is 148 g/mol. The van der Waals surface area contributed by atoms with Gasteiger partial charge in [0.1, 0.15) is 0 Å². The molecule has 9 heavy (non-hydrogen) atoms. The molecule has 52 valence electrons. The molecule has 0 atom stereocenters. The minimum Gasteiger partial charge on any atom is -0.353 e. The summed E-state index contributed by atoms with van der Waals surface area (Å²) >= 11 is 5.47. The Labute approximate surface area is 59.9 Å². The van der Waals surface area contributed by atoms with E-state index < -0.39 is 0 Å². The molecule has 0 spiro atoms. The zero-order chi connectivity index (χ0) is 7.28. The van der Waals surface area contributed by atoms with Crippen molar-refractivity contribution in [2.45, 2.75) is 13.8 Å². The van der Waals surface area contributed by atoms with Gasteiger partial charge in [0, 0.05) is 18.5 Å². The van der Waals surface area contributed by atoms with Crippen molar-refractivity contribution in [3.63, 3.8) is 0 Å². The summed E-state index contributed by atoms with van der Waals surface area (Å²) in [6.07, 6.45) is 1.74. The smallest absolute Gasteiger partial charge is 0.217 e. The molecule has 0 radical (unpaired) electrons. The van der Waals surface area contributed by atoms with Gasteiger partial charge in [0.15, 0.2) is 0 Å². The molecule has 1 amide bonds. The molecular formula is C6H10ClNO. The largest absolute Gasteiger partial charge is 0.353 e. The molecule has 0 heterocycles. The molecule has 0 aliphatic heterocycles. The monoisotopic (exact) mass is 147 g/mol. The Morgan fingerprint density at radius 2 is 2.22 bits per heavy atom. The lowest BCUT2D eigenvalue weighted by molar-refractivity contribution is -0.118. The molecule has 3 heteroatoms. The number of hydrogen-bond donors (Lipinski definition) is 1. The standard InChI is InChI=1S/C6H10ClNO/c1-5(7)3-4-8-6(2)9/h3H,4H2,1-2H3,(H,8,9). The number of hydrogen-bond acceptors (Lipinski definition) is 1. The van der Waals surface area contributed by atoms with Crippen LogP contribution < -0.4 is 5.32 Å². The van der Waals surface area contributed by atoms with Crippen molar-refractivity contribution in [1.82, 2.24) is 5.32 Å². The summed E-state index contributed by atoms with van der Waals surface area (Å²) < 4.78 is 0. The van der Waals surface area contributed by atoms with Gasteiger partial charge in [0.25, 0.3) is 0 Å². The molecule has 0 aliphatic rings. The Morgan fingerprint density at radius 3 is 2.56 bits per heavy atom. The van der Waals surface area contributed by atoms with Crippen molar-refractivity contribution in [3.05, 3.63) is 11.1 Å².